The molecule has 486 valence electrons. The second kappa shape index (κ2) is 24.1. The molecule has 5 aliphatic heterocycles. The first kappa shape index (κ1) is 65.7. The molecule has 29 unspecified atom stereocenters. The molecule has 26 heteroatoms. The summed E-state index contributed by atoms with van der Waals surface area (Å²) in [7, 11) is 0. The summed E-state index contributed by atoms with van der Waals surface area (Å²) in [6.07, 6.45) is -21.5. The quantitative estimate of drug-likeness (QED) is 0.0501. The first-order valence-electron chi connectivity index (χ1n) is 30.5. The fourth-order valence-electron chi connectivity index (χ4n) is 17.5. The molecule has 29 atom stereocenters. The van der Waals surface area contributed by atoms with Crippen molar-refractivity contribution in [3.05, 3.63) is 11.6 Å². The molecule has 0 aromatic carbocycles. The molecular weight excluding hydrogens is 1120 g/mol. The van der Waals surface area contributed by atoms with Gasteiger partial charge < -0.3 is 119 Å². The van der Waals surface area contributed by atoms with Crippen molar-refractivity contribution in [2.75, 3.05) is 39.6 Å². The smallest absolute Gasteiger partial charge is 0.315 e. The number of fused-ring (bicyclic) bond motifs is 7. The predicted octanol–water partition coefficient (Wildman–Crippen LogP) is -2.15. The van der Waals surface area contributed by atoms with Crippen molar-refractivity contribution >= 4 is 11.9 Å². The molecule has 4 saturated carbocycles. The van der Waals surface area contributed by atoms with Crippen LogP contribution >= 0.6 is 0 Å². The van der Waals surface area contributed by atoms with Crippen molar-refractivity contribution in [1.82, 2.24) is 5.32 Å². The van der Waals surface area contributed by atoms with E-state index in [0.717, 1.165) is 25.7 Å². The third-order valence-corrected chi connectivity index (χ3v) is 22.9. The Labute approximate surface area is 494 Å². The lowest BCUT2D eigenvalue weighted by Gasteiger charge is -2.71. The first-order chi connectivity index (χ1) is 39.8. The van der Waals surface area contributed by atoms with Gasteiger partial charge in [0.25, 0.3) is 0 Å². The van der Waals surface area contributed by atoms with Gasteiger partial charge in [-0.3, -0.25) is 9.59 Å². The minimum atomic E-state index is -2.08. The number of carbonyl (C=O) groups excluding carboxylic acids is 2. The highest BCUT2D eigenvalue weighted by atomic mass is 16.8. The minimum Gasteiger partial charge on any atom is -0.432 e. The monoisotopic (exact) mass is 1220 g/mol. The molecular formula is C59H95NO25. The Kier molecular flexibility index (Phi) is 18.7. The summed E-state index contributed by atoms with van der Waals surface area (Å²) in [6.45, 7) is 13.8. The second-order valence-electron chi connectivity index (χ2n) is 28.6. The standard InChI is InChI=1S/C59H95NO25/c1-26(63)60-36-44(83-49-43(72)38(67)30(65)22-77-49)40(69)32(23-78-48-42(71)37(66)29(64)21-76-48)81-47(36)82-35-12-13-55(6)33(54(35,4)5)11-14-57(8)34(55)10-9-27-28-19-53(2,3)15-17-58(28,18-16-56(27,57)7)52(74)85-50-45(41(70)39(68)31(20-61)80-50)84-51-46(73)59(75,24-62)25-79-51/h9,28-51,61-62,64-73,75H,10-25H2,1-8H3,(H,60,63). The molecule has 0 radical (unpaired) electrons. The number of hydrogen-bond donors (Lipinski definition) is 14. The van der Waals surface area contributed by atoms with Gasteiger partial charge in [0.1, 0.15) is 91.0 Å². The summed E-state index contributed by atoms with van der Waals surface area (Å²) in [6, 6.07) is -1.25. The first-order valence-corrected chi connectivity index (χ1v) is 30.5. The Morgan fingerprint density at radius 1 is 0.647 bits per heavy atom. The Bertz CT molecular complexity index is 2420. The topological polar surface area (TPSA) is 401 Å². The van der Waals surface area contributed by atoms with Crippen LogP contribution in [0.1, 0.15) is 120 Å². The fourth-order valence-corrected chi connectivity index (χ4v) is 17.5. The van der Waals surface area contributed by atoms with E-state index in [1.54, 1.807) is 0 Å². The van der Waals surface area contributed by atoms with E-state index in [9.17, 15) is 71.2 Å². The van der Waals surface area contributed by atoms with E-state index in [1.165, 1.54) is 12.5 Å². The molecule has 1 amide bonds. The van der Waals surface area contributed by atoms with Crippen molar-refractivity contribution in [3.63, 3.8) is 0 Å². The maximum absolute atomic E-state index is 15.3. The highest BCUT2D eigenvalue weighted by Gasteiger charge is 2.70. The summed E-state index contributed by atoms with van der Waals surface area (Å²) in [5.41, 5.74) is -3.55. The number of aliphatic hydroxyl groups is 13. The number of nitrogens with one attached hydrogen (secondary N) is 1. The lowest BCUT2D eigenvalue weighted by Crippen LogP contribution is -2.69. The van der Waals surface area contributed by atoms with Gasteiger partial charge in [-0.15, -0.1) is 0 Å². The number of allylic oxidation sites excluding steroid dienone is 2. The summed E-state index contributed by atoms with van der Waals surface area (Å²) < 4.78 is 60.6. The van der Waals surface area contributed by atoms with Crippen molar-refractivity contribution < 1.29 is 123 Å². The summed E-state index contributed by atoms with van der Waals surface area (Å²) in [4.78, 5) is 28.4. The zero-order valence-corrected chi connectivity index (χ0v) is 50.0. The Morgan fingerprint density at radius 2 is 1.28 bits per heavy atom. The largest absolute Gasteiger partial charge is 0.432 e. The van der Waals surface area contributed by atoms with Crippen LogP contribution < -0.4 is 5.32 Å². The number of amides is 1. The Balaban J connectivity index is 0.904. The molecule has 9 fully saturated rings. The number of esters is 1. The zero-order chi connectivity index (χ0) is 61.9. The number of ether oxygens (including phenoxy) is 10. The molecule has 10 aliphatic rings. The van der Waals surface area contributed by atoms with E-state index in [-0.39, 0.29) is 46.0 Å². The summed E-state index contributed by atoms with van der Waals surface area (Å²) in [5.74, 6) is -1.15. The lowest BCUT2D eigenvalue weighted by molar-refractivity contribution is -0.348. The van der Waals surface area contributed by atoms with Crippen LogP contribution in [0, 0.1) is 50.2 Å². The summed E-state index contributed by atoms with van der Waals surface area (Å²) >= 11 is 0. The van der Waals surface area contributed by atoms with Crippen molar-refractivity contribution in [2.45, 2.75) is 254 Å². The van der Waals surface area contributed by atoms with Crippen LogP contribution in [0.2, 0.25) is 0 Å². The molecule has 5 heterocycles. The van der Waals surface area contributed by atoms with E-state index < -0.39 is 190 Å². The molecule has 0 aromatic heterocycles. The molecule has 0 aromatic rings. The van der Waals surface area contributed by atoms with E-state index in [4.69, 9.17) is 47.4 Å². The Hall–Kier alpha value is -2.20. The van der Waals surface area contributed by atoms with Crippen LogP contribution in [-0.2, 0) is 57.0 Å². The molecule has 5 aliphatic carbocycles. The van der Waals surface area contributed by atoms with Crippen LogP contribution in [0.5, 0.6) is 0 Å². The highest BCUT2D eigenvalue weighted by molar-refractivity contribution is 5.79. The average molecular weight is 1220 g/mol. The summed E-state index contributed by atoms with van der Waals surface area (Å²) in [5, 5.41) is 142. The van der Waals surface area contributed by atoms with Gasteiger partial charge in [0.15, 0.2) is 31.3 Å². The molecule has 5 saturated heterocycles. The number of hydrogen-bond acceptors (Lipinski definition) is 25. The van der Waals surface area contributed by atoms with Crippen LogP contribution in [0.4, 0.5) is 0 Å². The van der Waals surface area contributed by atoms with Gasteiger partial charge in [0.2, 0.25) is 12.2 Å². The maximum Gasteiger partial charge on any atom is 0.315 e. The molecule has 14 N–H and O–H groups in total. The molecule has 0 bridgehead atoms. The minimum absolute atomic E-state index is 0.0714. The van der Waals surface area contributed by atoms with Crippen LogP contribution in [0.3, 0.4) is 0 Å². The van der Waals surface area contributed by atoms with Crippen LogP contribution in [-0.4, -0.2) is 253 Å². The third kappa shape index (κ3) is 11.3. The van der Waals surface area contributed by atoms with E-state index >= 15 is 4.79 Å². The van der Waals surface area contributed by atoms with Crippen LogP contribution in [0.15, 0.2) is 11.6 Å². The van der Waals surface area contributed by atoms with Gasteiger partial charge in [0.05, 0.1) is 51.2 Å². The van der Waals surface area contributed by atoms with E-state index in [1.807, 2.05) is 0 Å². The van der Waals surface area contributed by atoms with Gasteiger partial charge in [-0.05, 0) is 109 Å². The molecule has 10 rings (SSSR count). The maximum atomic E-state index is 15.3. The highest BCUT2D eigenvalue weighted by Crippen LogP contribution is 2.76. The number of aliphatic hydroxyl groups excluding tert-OH is 12. The van der Waals surface area contributed by atoms with Gasteiger partial charge in [-0.25, -0.2) is 0 Å². The van der Waals surface area contributed by atoms with Gasteiger partial charge in [0, 0.05) is 6.92 Å². The third-order valence-electron chi connectivity index (χ3n) is 22.9. The number of carbonyl (C=O) groups is 2. The fraction of sp³-hybridized carbons (Fsp3) is 0.932. The van der Waals surface area contributed by atoms with E-state index in [2.05, 4.69) is 59.9 Å². The van der Waals surface area contributed by atoms with Crippen molar-refractivity contribution in [2.24, 2.45) is 50.2 Å². The van der Waals surface area contributed by atoms with Crippen molar-refractivity contribution in [3.8, 4) is 0 Å². The van der Waals surface area contributed by atoms with Gasteiger partial charge in [-0.2, -0.15) is 0 Å². The normalized spacial score (nSPS) is 52.1. The Morgan fingerprint density at radius 3 is 1.93 bits per heavy atom. The SMILES string of the molecule is CC(=O)NC1C(OC2CCC3(C)C(CCC4(C)C3CC=C3C5CC(C)(C)CCC5(C(=O)OC5OC(CO)C(O)C(O)C5OC5OCC(O)(CO)C5O)CCC34C)C2(C)C)OC(COC2OCC(O)C(O)C2O)C(O)C1OC1OCC(O)C(O)C1O. The van der Waals surface area contributed by atoms with Crippen molar-refractivity contribution in [1.29, 1.82) is 0 Å². The van der Waals surface area contributed by atoms with Crippen LogP contribution in [0.25, 0.3) is 0 Å². The van der Waals surface area contributed by atoms with Gasteiger partial charge >= 0.3 is 5.97 Å². The molecule has 85 heavy (non-hydrogen) atoms. The van der Waals surface area contributed by atoms with Gasteiger partial charge in [-0.1, -0.05) is 60.1 Å². The lowest BCUT2D eigenvalue weighted by atomic mass is 9.33. The van der Waals surface area contributed by atoms with E-state index in [0.29, 0.717) is 38.5 Å². The zero-order valence-electron chi connectivity index (χ0n) is 50.0. The second-order valence-corrected chi connectivity index (χ2v) is 28.6. The average Bonchev–Trinajstić information content (AvgIpc) is 1.04. The molecule has 0 spiro atoms. The molecule has 26 nitrogen and oxygen atoms in total. The predicted molar refractivity (Wildman–Crippen MR) is 289 cm³/mol. The number of rotatable bonds is 14.